The third-order valence-electron chi connectivity index (χ3n) is 3.25. The first-order chi connectivity index (χ1) is 9.90. The van der Waals surface area contributed by atoms with E-state index < -0.39 is 11.8 Å². The van der Waals surface area contributed by atoms with Crippen LogP contribution in [0.4, 0.5) is 10.7 Å². The molecule has 0 aromatic carbocycles. The number of nitrogen functional groups attached to an aromatic ring is 1. The first-order valence-electron chi connectivity index (χ1n) is 6.46. The Labute approximate surface area is 126 Å². The van der Waals surface area contributed by atoms with Crippen molar-refractivity contribution in [2.45, 2.75) is 6.10 Å². The Balaban J connectivity index is 2.13. The molecule has 2 amide bonds. The van der Waals surface area contributed by atoms with Crippen molar-refractivity contribution in [1.82, 2.24) is 4.90 Å². The van der Waals surface area contributed by atoms with Gasteiger partial charge in [-0.1, -0.05) is 0 Å². The van der Waals surface area contributed by atoms with Crippen molar-refractivity contribution in [1.29, 1.82) is 0 Å². The maximum atomic E-state index is 11.5. The predicted octanol–water partition coefficient (Wildman–Crippen LogP) is -0.729. The molecule has 0 bridgehead atoms. The highest BCUT2D eigenvalue weighted by Crippen LogP contribution is 2.35. The zero-order valence-electron chi connectivity index (χ0n) is 11.7. The van der Waals surface area contributed by atoms with Crippen LogP contribution in [-0.2, 0) is 4.74 Å². The number of primary amides is 2. The Bertz CT molecular complexity index is 559. The SMILES string of the molecule is CN1CCOC(CNc2sc(C(N)=O)c(N)c2C(N)=O)C1. The molecular weight excluding hydrogens is 294 g/mol. The number of nitrogens with two attached hydrogens (primary N) is 3. The highest BCUT2D eigenvalue weighted by atomic mass is 32.1. The van der Waals surface area contributed by atoms with E-state index in [-0.39, 0.29) is 22.2 Å². The number of carbonyl (C=O) groups is 2. The summed E-state index contributed by atoms with van der Waals surface area (Å²) in [4.78, 5) is 25.1. The third-order valence-corrected chi connectivity index (χ3v) is 4.43. The van der Waals surface area contributed by atoms with Gasteiger partial charge in [-0.2, -0.15) is 0 Å². The summed E-state index contributed by atoms with van der Waals surface area (Å²) in [6, 6.07) is 0. The average molecular weight is 313 g/mol. The molecule has 7 N–H and O–H groups in total. The van der Waals surface area contributed by atoms with Crippen molar-refractivity contribution in [3.05, 3.63) is 10.4 Å². The molecular formula is C12H19N5O3S. The molecule has 1 atom stereocenters. The van der Waals surface area contributed by atoms with Crippen LogP contribution in [0.5, 0.6) is 0 Å². The maximum absolute atomic E-state index is 11.5. The van der Waals surface area contributed by atoms with Crippen LogP contribution in [0.2, 0.25) is 0 Å². The highest BCUT2D eigenvalue weighted by molar-refractivity contribution is 7.19. The van der Waals surface area contributed by atoms with Crippen LogP contribution in [0, 0.1) is 0 Å². The number of amides is 2. The number of hydrogen-bond donors (Lipinski definition) is 4. The molecule has 1 aromatic rings. The van der Waals surface area contributed by atoms with Gasteiger partial charge in [-0.05, 0) is 7.05 Å². The van der Waals surface area contributed by atoms with E-state index in [1.165, 1.54) is 0 Å². The van der Waals surface area contributed by atoms with Crippen molar-refractivity contribution < 1.29 is 14.3 Å². The molecule has 1 saturated heterocycles. The van der Waals surface area contributed by atoms with Gasteiger partial charge in [-0.15, -0.1) is 11.3 Å². The predicted molar refractivity (Wildman–Crippen MR) is 81.5 cm³/mol. The van der Waals surface area contributed by atoms with Crippen molar-refractivity contribution in [3.8, 4) is 0 Å². The van der Waals surface area contributed by atoms with E-state index in [1.807, 2.05) is 7.05 Å². The Morgan fingerprint density at radius 3 is 2.71 bits per heavy atom. The number of ether oxygens (including phenoxy) is 1. The van der Waals surface area contributed by atoms with Crippen molar-refractivity contribution in [3.63, 3.8) is 0 Å². The van der Waals surface area contributed by atoms with E-state index in [2.05, 4.69) is 10.2 Å². The first kappa shape index (κ1) is 15.5. The number of morpholine rings is 1. The fraction of sp³-hybridized carbons (Fsp3) is 0.500. The van der Waals surface area contributed by atoms with Crippen molar-refractivity contribution in [2.75, 3.05) is 44.3 Å². The van der Waals surface area contributed by atoms with Gasteiger partial charge in [0, 0.05) is 19.6 Å². The summed E-state index contributed by atoms with van der Waals surface area (Å²) < 4.78 is 5.62. The number of nitrogens with zero attached hydrogens (tertiary/aromatic N) is 1. The number of rotatable bonds is 5. The summed E-state index contributed by atoms with van der Waals surface area (Å²) in [6.07, 6.45) is -0.00942. The highest BCUT2D eigenvalue weighted by Gasteiger charge is 2.24. The van der Waals surface area contributed by atoms with Gasteiger partial charge in [-0.25, -0.2) is 0 Å². The largest absolute Gasteiger partial charge is 0.397 e. The minimum atomic E-state index is -0.694. The summed E-state index contributed by atoms with van der Waals surface area (Å²) in [5, 5.41) is 3.53. The van der Waals surface area contributed by atoms with Crippen molar-refractivity contribution in [2.24, 2.45) is 11.5 Å². The Morgan fingerprint density at radius 2 is 2.14 bits per heavy atom. The van der Waals surface area contributed by atoms with Crippen LogP contribution in [0.15, 0.2) is 0 Å². The Kier molecular flexibility index (Phi) is 4.66. The number of hydrogen-bond acceptors (Lipinski definition) is 7. The lowest BCUT2D eigenvalue weighted by atomic mass is 10.2. The van der Waals surface area contributed by atoms with E-state index in [4.69, 9.17) is 21.9 Å². The van der Waals surface area contributed by atoms with E-state index in [9.17, 15) is 9.59 Å². The third kappa shape index (κ3) is 3.43. The Morgan fingerprint density at radius 1 is 1.43 bits per heavy atom. The molecule has 21 heavy (non-hydrogen) atoms. The van der Waals surface area contributed by atoms with E-state index in [0.29, 0.717) is 18.2 Å². The lowest BCUT2D eigenvalue weighted by Gasteiger charge is -2.30. The van der Waals surface area contributed by atoms with E-state index >= 15 is 0 Å². The second-order valence-electron chi connectivity index (χ2n) is 4.91. The number of likely N-dealkylation sites (N-methyl/N-ethyl adjacent to an activating group) is 1. The quantitative estimate of drug-likeness (QED) is 0.565. The summed E-state index contributed by atoms with van der Waals surface area (Å²) >= 11 is 1.03. The molecule has 116 valence electrons. The lowest BCUT2D eigenvalue weighted by molar-refractivity contribution is -0.0117. The van der Waals surface area contributed by atoms with Gasteiger partial charge < -0.3 is 32.2 Å². The fourth-order valence-electron chi connectivity index (χ4n) is 2.19. The Hall–Kier alpha value is -1.84. The van der Waals surface area contributed by atoms with Gasteiger partial charge in [0.15, 0.2) is 0 Å². The molecule has 1 aromatic heterocycles. The molecule has 0 spiro atoms. The number of thiophene rings is 1. The van der Waals surface area contributed by atoms with Gasteiger partial charge in [0.1, 0.15) is 9.88 Å². The first-order valence-corrected chi connectivity index (χ1v) is 7.27. The van der Waals surface area contributed by atoms with Crippen LogP contribution in [0.1, 0.15) is 20.0 Å². The maximum Gasteiger partial charge on any atom is 0.260 e. The minimum absolute atomic E-state index is 0.00942. The van der Waals surface area contributed by atoms with Crippen LogP contribution >= 0.6 is 11.3 Å². The molecule has 8 nitrogen and oxygen atoms in total. The lowest BCUT2D eigenvalue weighted by Crippen LogP contribution is -2.43. The van der Waals surface area contributed by atoms with Gasteiger partial charge >= 0.3 is 0 Å². The molecule has 2 heterocycles. The summed E-state index contributed by atoms with van der Waals surface area (Å²) in [6.45, 7) is 2.82. The number of anilines is 2. The van der Waals surface area contributed by atoms with Crippen LogP contribution in [0.3, 0.4) is 0 Å². The van der Waals surface area contributed by atoms with Crippen LogP contribution in [-0.4, -0.2) is 56.1 Å². The van der Waals surface area contributed by atoms with Gasteiger partial charge in [0.05, 0.1) is 24.0 Å². The molecule has 0 saturated carbocycles. The van der Waals surface area contributed by atoms with Gasteiger partial charge in [-0.3, -0.25) is 9.59 Å². The molecule has 1 fully saturated rings. The average Bonchev–Trinajstić information content (AvgIpc) is 2.73. The normalized spacial score (nSPS) is 19.4. The monoisotopic (exact) mass is 313 g/mol. The van der Waals surface area contributed by atoms with Crippen LogP contribution < -0.4 is 22.5 Å². The molecule has 1 unspecified atom stereocenters. The zero-order valence-corrected chi connectivity index (χ0v) is 12.5. The number of carbonyl (C=O) groups excluding carboxylic acids is 2. The number of nitrogens with one attached hydrogen (secondary N) is 1. The second kappa shape index (κ2) is 6.29. The summed E-state index contributed by atoms with van der Waals surface area (Å²) in [5.41, 5.74) is 16.5. The van der Waals surface area contributed by atoms with E-state index in [1.54, 1.807) is 0 Å². The molecule has 2 rings (SSSR count). The van der Waals surface area contributed by atoms with Gasteiger partial charge in [0.2, 0.25) is 0 Å². The fourth-order valence-corrected chi connectivity index (χ4v) is 3.18. The topological polar surface area (TPSA) is 137 Å². The molecule has 9 heteroatoms. The molecule has 1 aliphatic rings. The summed E-state index contributed by atoms with van der Waals surface area (Å²) in [7, 11) is 2.01. The molecule has 0 aliphatic carbocycles. The van der Waals surface area contributed by atoms with Crippen molar-refractivity contribution >= 4 is 33.8 Å². The summed E-state index contributed by atoms with van der Waals surface area (Å²) in [5.74, 6) is -1.37. The smallest absolute Gasteiger partial charge is 0.260 e. The molecule has 0 radical (unpaired) electrons. The van der Waals surface area contributed by atoms with E-state index in [0.717, 1.165) is 24.4 Å². The second-order valence-corrected chi connectivity index (χ2v) is 5.93. The molecule has 1 aliphatic heterocycles. The zero-order chi connectivity index (χ0) is 15.6. The van der Waals surface area contributed by atoms with Crippen LogP contribution in [0.25, 0.3) is 0 Å². The standard InChI is InChI=1S/C12H19N5O3S/c1-17-2-3-20-6(5-17)4-16-12-7(10(14)18)8(13)9(21-12)11(15)19/h6,16H,2-5,13H2,1H3,(H2,14,18)(H2,15,19). The van der Waals surface area contributed by atoms with Gasteiger partial charge in [0.25, 0.3) is 11.8 Å². The minimum Gasteiger partial charge on any atom is -0.397 e.